The van der Waals surface area contributed by atoms with Crippen LogP contribution in [0.4, 0.5) is 8.78 Å². The lowest BCUT2D eigenvalue weighted by Gasteiger charge is -2.34. The topological polar surface area (TPSA) is 3.24 Å². The number of likely N-dealkylation sites (tertiary alicyclic amines) is 1. The predicted octanol–water partition coefficient (Wildman–Crippen LogP) is 2.76. The number of nitrogens with zero attached hydrogens (tertiary/aromatic N) is 1. The number of halogens is 2. The summed E-state index contributed by atoms with van der Waals surface area (Å²) in [6.45, 7) is 6.36. The minimum atomic E-state index is -2.31. The Morgan fingerprint density at radius 1 is 1.21 bits per heavy atom. The van der Waals surface area contributed by atoms with Crippen molar-refractivity contribution in [1.82, 2.24) is 4.90 Å². The molecule has 0 bridgehead atoms. The lowest BCUT2D eigenvalue weighted by Crippen LogP contribution is -2.39. The molecule has 1 saturated carbocycles. The first-order chi connectivity index (χ1) is 6.50. The lowest BCUT2D eigenvalue weighted by atomic mass is 9.91. The Morgan fingerprint density at radius 2 is 1.71 bits per heavy atom. The van der Waals surface area contributed by atoms with Crippen LogP contribution in [-0.2, 0) is 0 Å². The Balaban J connectivity index is 1.80. The molecule has 14 heavy (non-hydrogen) atoms. The Morgan fingerprint density at radius 3 is 2.07 bits per heavy atom. The van der Waals surface area contributed by atoms with Crippen LogP contribution in [0.15, 0.2) is 0 Å². The van der Waals surface area contributed by atoms with Gasteiger partial charge in [-0.2, -0.15) is 0 Å². The normalized spacial score (nSPS) is 33.6. The van der Waals surface area contributed by atoms with E-state index in [1.807, 2.05) is 0 Å². The molecule has 1 saturated heterocycles. The van der Waals surface area contributed by atoms with E-state index in [2.05, 4.69) is 18.7 Å². The zero-order valence-corrected chi connectivity index (χ0v) is 8.97. The molecule has 1 nitrogen and oxygen atoms in total. The van der Waals surface area contributed by atoms with E-state index >= 15 is 0 Å². The second-order valence-electron chi connectivity index (χ2n) is 5.04. The molecule has 0 amide bonds. The molecule has 1 unspecified atom stereocenters. The second-order valence-corrected chi connectivity index (χ2v) is 5.04. The fraction of sp³-hybridized carbons (Fsp3) is 1.00. The third kappa shape index (κ3) is 1.92. The van der Waals surface area contributed by atoms with E-state index in [4.69, 9.17) is 0 Å². The van der Waals surface area contributed by atoms with Gasteiger partial charge in [-0.25, -0.2) is 8.78 Å². The minimum Gasteiger partial charge on any atom is -0.301 e. The quantitative estimate of drug-likeness (QED) is 0.667. The van der Waals surface area contributed by atoms with Crippen molar-refractivity contribution in [2.45, 2.75) is 45.1 Å². The summed E-state index contributed by atoms with van der Waals surface area (Å²) in [5.74, 6) is -2.30. The van der Waals surface area contributed by atoms with E-state index < -0.39 is 5.92 Å². The Bertz CT molecular complexity index is 207. The summed E-state index contributed by atoms with van der Waals surface area (Å²) >= 11 is 0. The number of alkyl halides is 2. The molecule has 2 fully saturated rings. The second kappa shape index (κ2) is 3.44. The zero-order valence-electron chi connectivity index (χ0n) is 8.97. The van der Waals surface area contributed by atoms with Crippen LogP contribution in [-0.4, -0.2) is 30.0 Å². The van der Waals surface area contributed by atoms with Gasteiger partial charge in [0, 0.05) is 18.4 Å². The van der Waals surface area contributed by atoms with Crippen molar-refractivity contribution < 1.29 is 8.78 Å². The van der Waals surface area contributed by atoms with Gasteiger partial charge in [-0.15, -0.1) is 0 Å². The summed E-state index contributed by atoms with van der Waals surface area (Å²) in [5, 5.41) is 0. The highest BCUT2D eigenvalue weighted by atomic mass is 19.3. The SMILES string of the molecule is CC(C)N1CCC(C2CC2(F)F)CC1. The van der Waals surface area contributed by atoms with E-state index in [0.717, 1.165) is 25.9 Å². The third-order valence-corrected chi connectivity index (χ3v) is 3.75. The van der Waals surface area contributed by atoms with E-state index in [9.17, 15) is 8.78 Å². The molecule has 0 aromatic rings. The molecule has 0 N–H and O–H groups in total. The molecule has 2 aliphatic rings. The molecular formula is C11H19F2N. The van der Waals surface area contributed by atoms with Gasteiger partial charge >= 0.3 is 0 Å². The summed E-state index contributed by atoms with van der Waals surface area (Å²) < 4.78 is 25.6. The first-order valence-corrected chi connectivity index (χ1v) is 5.62. The van der Waals surface area contributed by atoms with E-state index in [0.29, 0.717) is 12.0 Å². The zero-order chi connectivity index (χ0) is 10.3. The van der Waals surface area contributed by atoms with Gasteiger partial charge in [0.05, 0.1) is 0 Å². The van der Waals surface area contributed by atoms with Crippen molar-refractivity contribution in [2.24, 2.45) is 11.8 Å². The van der Waals surface area contributed by atoms with Crippen LogP contribution < -0.4 is 0 Å². The maximum atomic E-state index is 12.8. The molecule has 0 aromatic heterocycles. The lowest BCUT2D eigenvalue weighted by molar-refractivity contribution is 0.0636. The van der Waals surface area contributed by atoms with Crippen LogP contribution in [0.5, 0.6) is 0 Å². The van der Waals surface area contributed by atoms with Gasteiger partial charge in [-0.05, 0) is 45.7 Å². The van der Waals surface area contributed by atoms with Gasteiger partial charge in [0.15, 0.2) is 0 Å². The van der Waals surface area contributed by atoms with Crippen molar-refractivity contribution in [3.8, 4) is 0 Å². The summed E-state index contributed by atoms with van der Waals surface area (Å²) in [5.41, 5.74) is 0. The molecule has 1 aliphatic heterocycles. The smallest absolute Gasteiger partial charge is 0.251 e. The van der Waals surface area contributed by atoms with Crippen LogP contribution in [0, 0.1) is 11.8 Å². The van der Waals surface area contributed by atoms with Gasteiger partial charge < -0.3 is 4.90 Å². The average molecular weight is 203 g/mol. The molecule has 0 radical (unpaired) electrons. The average Bonchev–Trinajstić information content (AvgIpc) is 2.75. The standard InChI is InChI=1S/C11H19F2N/c1-8(2)14-5-3-9(4-6-14)10-7-11(10,12)13/h8-10H,3-7H2,1-2H3. The van der Waals surface area contributed by atoms with E-state index in [1.54, 1.807) is 0 Å². The molecule has 3 heteroatoms. The maximum Gasteiger partial charge on any atom is 0.251 e. The first kappa shape index (κ1) is 10.3. The van der Waals surface area contributed by atoms with Crippen molar-refractivity contribution >= 4 is 0 Å². The van der Waals surface area contributed by atoms with Crippen LogP contribution in [0.2, 0.25) is 0 Å². The predicted molar refractivity (Wildman–Crippen MR) is 52.5 cm³/mol. The van der Waals surface area contributed by atoms with Crippen LogP contribution in [0.1, 0.15) is 33.1 Å². The summed E-state index contributed by atoms with van der Waals surface area (Å²) in [6, 6.07) is 0.565. The highest BCUT2D eigenvalue weighted by molar-refractivity contribution is 5.00. The molecule has 0 aromatic carbocycles. The van der Waals surface area contributed by atoms with Crippen molar-refractivity contribution in [2.75, 3.05) is 13.1 Å². The molecule has 82 valence electrons. The molecule has 1 aliphatic carbocycles. The monoisotopic (exact) mass is 203 g/mol. The molecule has 1 atom stereocenters. The number of hydrogen-bond donors (Lipinski definition) is 0. The van der Waals surface area contributed by atoms with Crippen LogP contribution >= 0.6 is 0 Å². The van der Waals surface area contributed by atoms with E-state index in [-0.39, 0.29) is 12.3 Å². The Labute approximate surface area is 84.5 Å². The molecule has 2 rings (SSSR count). The molecule has 0 spiro atoms. The minimum absolute atomic E-state index is 0.152. The van der Waals surface area contributed by atoms with Gasteiger partial charge in [0.1, 0.15) is 0 Å². The maximum absolute atomic E-state index is 12.8. The summed E-state index contributed by atoms with van der Waals surface area (Å²) in [6.07, 6.45) is 2.09. The van der Waals surface area contributed by atoms with Gasteiger partial charge in [0.25, 0.3) is 5.92 Å². The Hall–Kier alpha value is -0.180. The molecular weight excluding hydrogens is 184 g/mol. The third-order valence-electron chi connectivity index (χ3n) is 3.75. The van der Waals surface area contributed by atoms with Gasteiger partial charge in [-0.3, -0.25) is 0 Å². The summed E-state index contributed by atoms with van der Waals surface area (Å²) in [7, 11) is 0. The fourth-order valence-corrected chi connectivity index (χ4v) is 2.58. The van der Waals surface area contributed by atoms with Crippen molar-refractivity contribution in [1.29, 1.82) is 0 Å². The number of rotatable bonds is 2. The first-order valence-electron chi connectivity index (χ1n) is 5.62. The Kier molecular flexibility index (Phi) is 2.54. The highest BCUT2D eigenvalue weighted by Gasteiger charge is 2.59. The largest absolute Gasteiger partial charge is 0.301 e. The van der Waals surface area contributed by atoms with Gasteiger partial charge in [-0.1, -0.05) is 0 Å². The van der Waals surface area contributed by atoms with Gasteiger partial charge in [0.2, 0.25) is 0 Å². The fourth-order valence-electron chi connectivity index (χ4n) is 2.58. The highest BCUT2D eigenvalue weighted by Crippen LogP contribution is 2.55. The number of piperidine rings is 1. The van der Waals surface area contributed by atoms with Crippen LogP contribution in [0.3, 0.4) is 0 Å². The number of hydrogen-bond acceptors (Lipinski definition) is 1. The van der Waals surface area contributed by atoms with E-state index in [1.165, 1.54) is 0 Å². The van der Waals surface area contributed by atoms with Crippen molar-refractivity contribution in [3.05, 3.63) is 0 Å². The van der Waals surface area contributed by atoms with Crippen molar-refractivity contribution in [3.63, 3.8) is 0 Å². The van der Waals surface area contributed by atoms with Crippen LogP contribution in [0.25, 0.3) is 0 Å². The summed E-state index contributed by atoms with van der Waals surface area (Å²) in [4.78, 5) is 2.39. The molecule has 1 heterocycles.